The summed E-state index contributed by atoms with van der Waals surface area (Å²) in [6.45, 7) is 1.22. The Morgan fingerprint density at radius 1 is 1.05 bits per heavy atom. The zero-order valence-corrected chi connectivity index (χ0v) is 22.0. The predicted molar refractivity (Wildman–Crippen MR) is 145 cm³/mol. The van der Waals surface area contributed by atoms with Crippen molar-refractivity contribution in [1.29, 1.82) is 0 Å². The number of rotatable bonds is 17. The Hall–Kier alpha value is -3.11. The fourth-order valence-corrected chi connectivity index (χ4v) is 6.21. The van der Waals surface area contributed by atoms with Gasteiger partial charge in [0, 0.05) is 36.9 Å². The topological polar surface area (TPSA) is 160 Å². The highest BCUT2D eigenvalue weighted by molar-refractivity contribution is 8.00. The van der Waals surface area contributed by atoms with Crippen LogP contribution in [0.4, 0.5) is 4.79 Å². The van der Waals surface area contributed by atoms with E-state index < -0.39 is 6.04 Å². The molecule has 2 aliphatic heterocycles. The molecule has 37 heavy (non-hydrogen) atoms. The van der Waals surface area contributed by atoms with Crippen LogP contribution in [0.3, 0.4) is 0 Å². The van der Waals surface area contributed by atoms with Gasteiger partial charge in [-0.25, -0.2) is 10.2 Å². The summed E-state index contributed by atoms with van der Waals surface area (Å²) in [4.78, 5) is 38.7. The van der Waals surface area contributed by atoms with E-state index in [4.69, 9.17) is 5.53 Å². The van der Waals surface area contributed by atoms with Gasteiger partial charge in [-0.3, -0.25) is 9.59 Å². The summed E-state index contributed by atoms with van der Waals surface area (Å²) in [5.41, 5.74) is 12.1. The lowest BCUT2D eigenvalue weighted by Gasteiger charge is -2.16. The van der Waals surface area contributed by atoms with Crippen molar-refractivity contribution in [2.75, 3.05) is 18.8 Å². The summed E-state index contributed by atoms with van der Waals surface area (Å²) < 4.78 is 0. The van der Waals surface area contributed by atoms with E-state index in [1.165, 1.54) is 0 Å². The minimum atomic E-state index is -0.622. The van der Waals surface area contributed by atoms with Crippen molar-refractivity contribution in [1.82, 2.24) is 26.7 Å². The van der Waals surface area contributed by atoms with E-state index in [-0.39, 0.29) is 29.9 Å². The molecule has 0 unspecified atom stereocenters. The first kappa shape index (κ1) is 28.5. The highest BCUT2D eigenvalue weighted by Gasteiger charge is 2.42. The average molecular weight is 531 g/mol. The number of azide groups is 1. The SMILES string of the molecule is [N-]=[N+]=NN[C@@H](Cc1ccccc1)C(=O)NCCCCCCNC(=O)CCCC[C@@H]1SC[C@@H]2NC(=O)N[C@@H]21. The summed E-state index contributed by atoms with van der Waals surface area (Å²) in [6, 6.07) is 9.37. The number of carbonyl (C=O) groups is 3. The first-order valence-corrected chi connectivity index (χ1v) is 14.2. The molecule has 4 amide bonds. The van der Waals surface area contributed by atoms with Crippen molar-refractivity contribution in [3.05, 3.63) is 46.3 Å². The number of thioether (sulfide) groups is 1. The van der Waals surface area contributed by atoms with E-state index in [9.17, 15) is 14.4 Å². The number of unbranched alkanes of at least 4 members (excludes halogenated alkanes) is 4. The Labute approximate surface area is 222 Å². The van der Waals surface area contributed by atoms with Gasteiger partial charge in [-0.1, -0.05) is 49.6 Å². The Balaban J connectivity index is 1.16. The van der Waals surface area contributed by atoms with Crippen LogP contribution >= 0.6 is 11.8 Å². The fraction of sp³-hybridized carbons (Fsp3) is 0.640. The van der Waals surface area contributed by atoms with E-state index in [1.807, 2.05) is 42.1 Å². The number of carbonyl (C=O) groups excluding carboxylic acids is 3. The molecule has 0 bridgehead atoms. The maximum Gasteiger partial charge on any atom is 0.315 e. The zero-order valence-electron chi connectivity index (χ0n) is 21.2. The second-order valence-corrected chi connectivity index (χ2v) is 10.8. The van der Waals surface area contributed by atoms with Gasteiger partial charge >= 0.3 is 6.03 Å². The number of benzene rings is 1. The third-order valence-corrected chi connectivity index (χ3v) is 8.17. The van der Waals surface area contributed by atoms with E-state index >= 15 is 0 Å². The summed E-state index contributed by atoms with van der Waals surface area (Å²) >= 11 is 1.90. The van der Waals surface area contributed by atoms with Crippen molar-refractivity contribution < 1.29 is 14.4 Å². The normalized spacial score (nSPS) is 20.6. The van der Waals surface area contributed by atoms with Gasteiger partial charge in [0.25, 0.3) is 5.91 Å². The van der Waals surface area contributed by atoms with Gasteiger partial charge in [0.1, 0.15) is 0 Å². The van der Waals surface area contributed by atoms with Crippen LogP contribution in [-0.4, -0.2) is 60.1 Å². The van der Waals surface area contributed by atoms with Crippen molar-refractivity contribution in [3.8, 4) is 0 Å². The molecule has 2 saturated heterocycles. The molecule has 0 aromatic heterocycles. The van der Waals surface area contributed by atoms with Crippen LogP contribution in [0.15, 0.2) is 35.6 Å². The molecule has 0 aliphatic carbocycles. The van der Waals surface area contributed by atoms with Gasteiger partial charge in [-0.05, 0) is 36.5 Å². The lowest BCUT2D eigenvalue weighted by atomic mass is 10.0. The quantitative estimate of drug-likeness (QED) is 0.0522. The lowest BCUT2D eigenvalue weighted by molar-refractivity contribution is -0.123. The molecule has 5 N–H and O–H groups in total. The predicted octanol–water partition coefficient (Wildman–Crippen LogP) is 2.93. The molecule has 202 valence electrons. The van der Waals surface area contributed by atoms with Crippen molar-refractivity contribution in [3.63, 3.8) is 0 Å². The van der Waals surface area contributed by atoms with E-state index in [2.05, 4.69) is 36.8 Å². The molecular weight excluding hydrogens is 492 g/mol. The number of amides is 4. The molecule has 2 aliphatic rings. The molecule has 11 nitrogen and oxygen atoms in total. The first-order chi connectivity index (χ1) is 18.1. The number of hydrogen-bond donors (Lipinski definition) is 5. The molecule has 0 saturated carbocycles. The number of fused-ring (bicyclic) bond motifs is 1. The van der Waals surface area contributed by atoms with Crippen LogP contribution in [-0.2, 0) is 16.0 Å². The molecule has 2 fully saturated rings. The van der Waals surface area contributed by atoms with Gasteiger partial charge < -0.3 is 21.3 Å². The molecule has 3 rings (SSSR count). The van der Waals surface area contributed by atoms with Crippen LogP contribution in [0, 0.1) is 0 Å². The van der Waals surface area contributed by atoms with Crippen LogP contribution < -0.4 is 26.7 Å². The minimum absolute atomic E-state index is 0.0589. The first-order valence-electron chi connectivity index (χ1n) is 13.1. The van der Waals surface area contributed by atoms with E-state index in [0.29, 0.717) is 31.2 Å². The molecule has 0 spiro atoms. The van der Waals surface area contributed by atoms with Gasteiger partial charge in [0.05, 0.1) is 12.1 Å². The number of nitrogens with one attached hydrogen (secondary N) is 5. The monoisotopic (exact) mass is 530 g/mol. The van der Waals surface area contributed by atoms with Gasteiger partial charge in [-0.2, -0.15) is 16.7 Å². The van der Waals surface area contributed by atoms with Crippen LogP contribution in [0.5, 0.6) is 0 Å². The second-order valence-electron chi connectivity index (χ2n) is 9.48. The van der Waals surface area contributed by atoms with Crippen LogP contribution in [0.25, 0.3) is 10.4 Å². The molecule has 1 aromatic rings. The smallest absolute Gasteiger partial charge is 0.315 e. The van der Waals surface area contributed by atoms with E-state index in [1.54, 1.807) is 0 Å². The maximum atomic E-state index is 12.5. The summed E-state index contributed by atoms with van der Waals surface area (Å²) in [5.74, 6) is 0.862. The Morgan fingerprint density at radius 2 is 1.81 bits per heavy atom. The van der Waals surface area contributed by atoms with Crippen molar-refractivity contribution >= 4 is 29.6 Å². The van der Waals surface area contributed by atoms with Crippen molar-refractivity contribution in [2.45, 2.75) is 81.2 Å². The van der Waals surface area contributed by atoms with Gasteiger partial charge in [0.15, 0.2) is 6.04 Å². The largest absolute Gasteiger partial charge is 0.356 e. The Morgan fingerprint density at radius 3 is 2.57 bits per heavy atom. The average Bonchev–Trinajstić information content (AvgIpc) is 3.45. The van der Waals surface area contributed by atoms with Gasteiger partial charge in [0.2, 0.25) is 5.91 Å². The molecule has 1 aromatic carbocycles. The van der Waals surface area contributed by atoms with Crippen LogP contribution in [0.2, 0.25) is 0 Å². The summed E-state index contributed by atoms with van der Waals surface area (Å²) in [6.07, 6.45) is 7.52. The molecule has 4 atom stereocenters. The van der Waals surface area contributed by atoms with Crippen molar-refractivity contribution in [2.24, 2.45) is 5.22 Å². The van der Waals surface area contributed by atoms with Crippen LogP contribution in [0.1, 0.15) is 56.9 Å². The number of nitrogens with zero attached hydrogens (tertiary/aromatic N) is 3. The molecule has 12 heteroatoms. The van der Waals surface area contributed by atoms with Gasteiger partial charge in [-0.15, -0.1) is 5.53 Å². The summed E-state index contributed by atoms with van der Waals surface area (Å²) in [7, 11) is 0. The minimum Gasteiger partial charge on any atom is -0.356 e. The van der Waals surface area contributed by atoms with E-state index in [0.717, 1.165) is 56.3 Å². The maximum absolute atomic E-state index is 12.5. The third kappa shape index (κ3) is 10.0. The lowest BCUT2D eigenvalue weighted by Crippen LogP contribution is -2.43. The third-order valence-electron chi connectivity index (χ3n) is 6.66. The highest BCUT2D eigenvalue weighted by atomic mass is 32.2. The Bertz CT molecular complexity index is 928. The molecular formula is C25H38N8O3S. The Kier molecular flexibility index (Phi) is 12.2. The molecule has 0 radical (unpaired) electrons. The molecule has 2 heterocycles. The highest BCUT2D eigenvalue weighted by Crippen LogP contribution is 2.33. The zero-order chi connectivity index (χ0) is 26.3. The number of urea groups is 1. The standard InChI is InChI=1S/C25H38N8O3S/c26-32-33-31-19(16-18-10-4-3-5-11-18)24(35)28-15-9-2-1-8-14-27-22(34)13-7-6-12-21-23-20(17-37-21)29-25(36)30-23/h3-5,10-11,19-21,23,31H,1-2,6-9,12-17H2,(H,27,34)(H,28,35)(H2,29,30,36)/t19-,20-,21-,23-/m0/s1. The fourth-order valence-electron chi connectivity index (χ4n) is 4.67. The second kappa shape index (κ2) is 15.9. The number of hydrogen-bond acceptors (Lipinski definition) is 5. The summed E-state index contributed by atoms with van der Waals surface area (Å²) in [5, 5.41) is 15.6.